The fraction of sp³-hybridized carbons (Fsp3) is 0.0667. The fourth-order valence-electron chi connectivity index (χ4n) is 2.20. The van der Waals surface area contributed by atoms with Crippen LogP contribution in [-0.2, 0) is 6.54 Å². The summed E-state index contributed by atoms with van der Waals surface area (Å²) < 4.78 is 2.26. The second-order valence-electron chi connectivity index (χ2n) is 3.79. The Balaban J connectivity index is 2.53. The number of nitrogens with zero attached hydrogens (tertiary/aromatic N) is 1. The number of fused-ring (bicyclic) bond motifs is 3. The van der Waals surface area contributed by atoms with Crippen molar-refractivity contribution in [3.8, 4) is 0 Å². The molecule has 1 aromatic heterocycles. The molecule has 16 heavy (non-hydrogen) atoms. The number of benzene rings is 2. The zero-order valence-electron chi connectivity index (χ0n) is 8.90. The summed E-state index contributed by atoms with van der Waals surface area (Å²) in [5.74, 6) is 0. The Morgan fingerprint density at radius 2 is 1.62 bits per heavy atom. The van der Waals surface area contributed by atoms with E-state index in [2.05, 4.69) is 35.4 Å². The Hall–Kier alpha value is -2.02. The van der Waals surface area contributed by atoms with Gasteiger partial charge in [0.05, 0.1) is 0 Å². The van der Waals surface area contributed by atoms with Crippen LogP contribution in [0.1, 0.15) is 0 Å². The Kier molecular flexibility index (Phi) is 2.03. The lowest BCUT2D eigenvalue weighted by atomic mass is 10.2. The van der Waals surface area contributed by atoms with Gasteiger partial charge in [0.2, 0.25) is 0 Å². The summed E-state index contributed by atoms with van der Waals surface area (Å²) in [5, 5.41) is 2.47. The van der Waals surface area contributed by atoms with Gasteiger partial charge >= 0.3 is 0 Å². The molecule has 2 aromatic carbocycles. The van der Waals surface area contributed by atoms with Gasteiger partial charge in [-0.3, -0.25) is 0 Å². The maximum Gasteiger partial charge on any atom is 0.0494 e. The van der Waals surface area contributed by atoms with Gasteiger partial charge in [-0.2, -0.15) is 0 Å². The van der Waals surface area contributed by atoms with Crippen molar-refractivity contribution in [3.05, 3.63) is 61.2 Å². The average molecular weight is 205 g/mol. The first kappa shape index (κ1) is 9.22. The van der Waals surface area contributed by atoms with Crippen molar-refractivity contribution in [2.75, 3.05) is 0 Å². The van der Waals surface area contributed by atoms with Gasteiger partial charge in [0, 0.05) is 28.4 Å². The number of allylic oxidation sites excluding steroid dienone is 1. The van der Waals surface area contributed by atoms with Crippen LogP contribution in [-0.4, -0.2) is 4.57 Å². The highest BCUT2D eigenvalue weighted by Crippen LogP contribution is 2.28. The van der Waals surface area contributed by atoms with E-state index in [0.29, 0.717) is 0 Å². The lowest BCUT2D eigenvalue weighted by molar-refractivity contribution is 0.901. The van der Waals surface area contributed by atoms with E-state index in [1.165, 1.54) is 21.8 Å². The molecule has 0 bridgehead atoms. The molecule has 0 aliphatic heterocycles. The van der Waals surface area contributed by atoms with Crippen molar-refractivity contribution in [2.24, 2.45) is 0 Å². The van der Waals surface area contributed by atoms with E-state index in [4.69, 9.17) is 0 Å². The lowest BCUT2D eigenvalue weighted by Gasteiger charge is -2.02. The van der Waals surface area contributed by atoms with E-state index in [1.807, 2.05) is 30.3 Å². The molecule has 76 valence electrons. The van der Waals surface area contributed by atoms with Crippen molar-refractivity contribution in [1.29, 1.82) is 0 Å². The van der Waals surface area contributed by atoms with Crippen LogP contribution in [0.4, 0.5) is 0 Å². The molecule has 0 saturated carbocycles. The quantitative estimate of drug-likeness (QED) is 0.563. The van der Waals surface area contributed by atoms with Crippen LogP contribution < -0.4 is 0 Å². The molecule has 0 atom stereocenters. The first-order chi connectivity index (χ1) is 7.92. The third kappa shape index (κ3) is 1.18. The van der Waals surface area contributed by atoms with E-state index in [-0.39, 0.29) is 0 Å². The van der Waals surface area contributed by atoms with E-state index in [0.717, 1.165) is 6.54 Å². The van der Waals surface area contributed by atoms with Gasteiger partial charge in [-0.05, 0) is 36.4 Å². The highest BCUT2D eigenvalue weighted by molar-refractivity contribution is 6.07. The Bertz CT molecular complexity index is 608. The molecule has 3 aromatic rings. The molecule has 0 aliphatic rings. The zero-order chi connectivity index (χ0) is 11.0. The van der Waals surface area contributed by atoms with Gasteiger partial charge in [0.25, 0.3) is 0 Å². The minimum atomic E-state index is 0.827. The SMILES string of the molecule is C=CCn1c2cc[c]cc2c2c[c]ccc21. The number of aromatic nitrogens is 1. The molecule has 0 amide bonds. The first-order valence-corrected chi connectivity index (χ1v) is 5.31. The van der Waals surface area contributed by atoms with Gasteiger partial charge in [-0.15, -0.1) is 6.58 Å². The third-order valence-corrected chi connectivity index (χ3v) is 2.87. The molecular weight excluding hydrogens is 194 g/mol. The number of rotatable bonds is 2. The lowest BCUT2D eigenvalue weighted by Crippen LogP contribution is -1.93. The van der Waals surface area contributed by atoms with E-state index >= 15 is 0 Å². The Labute approximate surface area is 94.6 Å². The second-order valence-corrected chi connectivity index (χ2v) is 3.79. The summed E-state index contributed by atoms with van der Waals surface area (Å²) in [6.07, 6.45) is 1.92. The molecule has 0 unspecified atom stereocenters. The summed E-state index contributed by atoms with van der Waals surface area (Å²) >= 11 is 0. The molecule has 1 heteroatoms. The third-order valence-electron chi connectivity index (χ3n) is 2.87. The number of hydrogen-bond donors (Lipinski definition) is 0. The highest BCUT2D eigenvalue weighted by atomic mass is 15.0. The molecular formula is C15H11N. The molecule has 0 spiro atoms. The predicted octanol–water partition coefficient (Wildman–Crippen LogP) is 3.58. The predicted molar refractivity (Wildman–Crippen MR) is 67.3 cm³/mol. The highest BCUT2D eigenvalue weighted by Gasteiger charge is 2.07. The maximum atomic E-state index is 3.81. The normalized spacial score (nSPS) is 11.0. The van der Waals surface area contributed by atoms with Crippen LogP contribution in [0.2, 0.25) is 0 Å². The summed E-state index contributed by atoms with van der Waals surface area (Å²) in [5.41, 5.74) is 2.46. The van der Waals surface area contributed by atoms with Crippen molar-refractivity contribution in [3.63, 3.8) is 0 Å². The minimum Gasteiger partial charge on any atom is -0.337 e. The summed E-state index contributed by atoms with van der Waals surface area (Å²) in [7, 11) is 0. The van der Waals surface area contributed by atoms with Crippen molar-refractivity contribution in [2.45, 2.75) is 6.54 Å². The smallest absolute Gasteiger partial charge is 0.0494 e. The second kappa shape index (κ2) is 3.53. The monoisotopic (exact) mass is 205 g/mol. The van der Waals surface area contributed by atoms with Gasteiger partial charge in [0.15, 0.2) is 0 Å². The largest absolute Gasteiger partial charge is 0.337 e. The van der Waals surface area contributed by atoms with Crippen molar-refractivity contribution < 1.29 is 0 Å². The Morgan fingerprint density at radius 3 is 2.12 bits per heavy atom. The standard InChI is InChI=1S/C15H11N/c1-2-11-16-14-9-5-3-7-12(14)13-8-4-6-10-15(13)16/h2,5-10H,1,11H2. The Morgan fingerprint density at radius 1 is 1.06 bits per heavy atom. The summed E-state index contributed by atoms with van der Waals surface area (Å²) in [4.78, 5) is 0. The van der Waals surface area contributed by atoms with Gasteiger partial charge < -0.3 is 4.57 Å². The zero-order valence-corrected chi connectivity index (χ0v) is 8.90. The van der Waals surface area contributed by atoms with Gasteiger partial charge in [-0.1, -0.05) is 18.2 Å². The summed E-state index contributed by atoms with van der Waals surface area (Å²) in [6.45, 7) is 4.64. The topological polar surface area (TPSA) is 4.93 Å². The van der Waals surface area contributed by atoms with Crippen LogP contribution in [0.5, 0.6) is 0 Å². The maximum absolute atomic E-state index is 3.81. The van der Waals surface area contributed by atoms with Crippen LogP contribution in [0.3, 0.4) is 0 Å². The first-order valence-electron chi connectivity index (χ1n) is 5.31. The molecule has 0 aliphatic carbocycles. The van der Waals surface area contributed by atoms with Crippen LogP contribution >= 0.6 is 0 Å². The van der Waals surface area contributed by atoms with Crippen molar-refractivity contribution >= 4 is 21.8 Å². The average Bonchev–Trinajstić information content (AvgIpc) is 2.66. The van der Waals surface area contributed by atoms with Crippen molar-refractivity contribution in [1.82, 2.24) is 4.57 Å². The van der Waals surface area contributed by atoms with E-state index < -0.39 is 0 Å². The molecule has 1 nitrogen and oxygen atoms in total. The molecule has 2 radical (unpaired) electrons. The minimum absolute atomic E-state index is 0.827. The molecule has 0 fully saturated rings. The van der Waals surface area contributed by atoms with E-state index in [9.17, 15) is 0 Å². The molecule has 0 N–H and O–H groups in total. The fourth-order valence-corrected chi connectivity index (χ4v) is 2.20. The summed E-state index contributed by atoms with van der Waals surface area (Å²) in [6, 6.07) is 18.4. The molecule has 3 rings (SSSR count). The molecule has 1 heterocycles. The van der Waals surface area contributed by atoms with Gasteiger partial charge in [0.1, 0.15) is 0 Å². The van der Waals surface area contributed by atoms with Gasteiger partial charge in [-0.25, -0.2) is 0 Å². The van der Waals surface area contributed by atoms with Crippen LogP contribution in [0.25, 0.3) is 21.8 Å². The van der Waals surface area contributed by atoms with Crippen LogP contribution in [0.15, 0.2) is 49.1 Å². The number of hydrogen-bond acceptors (Lipinski definition) is 0. The van der Waals surface area contributed by atoms with E-state index in [1.54, 1.807) is 0 Å². The van der Waals surface area contributed by atoms with Crippen LogP contribution in [0, 0.1) is 12.1 Å². The molecule has 0 saturated heterocycles.